The van der Waals surface area contributed by atoms with Gasteiger partial charge in [0.05, 0.1) is 0 Å². The van der Waals surface area contributed by atoms with Crippen LogP contribution in [-0.4, -0.2) is 7.95 Å². The van der Waals surface area contributed by atoms with Crippen molar-refractivity contribution < 1.29 is 0 Å². The van der Waals surface area contributed by atoms with Crippen molar-refractivity contribution in [1.82, 2.24) is 0 Å². The number of hydrogen-bond acceptors (Lipinski definition) is 1. The molecular weight excluding hydrogens is 427 g/mol. The summed E-state index contributed by atoms with van der Waals surface area (Å²) in [5.41, 5.74) is 7.95. The second-order valence-electron chi connectivity index (χ2n) is 2.28. The molecule has 0 spiro atoms. The van der Waals surface area contributed by atoms with Crippen LogP contribution in [0.1, 0.15) is 5.56 Å². The minimum atomic E-state index is -0.798. The van der Waals surface area contributed by atoms with E-state index in [-0.39, 0.29) is 0 Å². The van der Waals surface area contributed by atoms with Crippen LogP contribution in [0.15, 0.2) is 18.2 Å². The molecule has 0 aliphatic rings. The van der Waals surface area contributed by atoms with Crippen LogP contribution in [0.25, 0.3) is 0 Å². The van der Waals surface area contributed by atoms with Crippen molar-refractivity contribution in [3.63, 3.8) is 0 Å². The summed E-state index contributed by atoms with van der Waals surface area (Å²) in [5, 5.41) is 0. The third kappa shape index (κ3) is 2.77. The zero-order valence-corrected chi connectivity index (χ0v) is 12.2. The van der Waals surface area contributed by atoms with Crippen molar-refractivity contribution >= 4 is 58.2 Å². The summed E-state index contributed by atoms with van der Waals surface area (Å²) in [7, 11) is -0.798. The van der Waals surface area contributed by atoms with Crippen LogP contribution >= 0.6 is 40.3 Å². The molecule has 0 aliphatic carbocycles. The van der Waals surface area contributed by atoms with Gasteiger partial charge < -0.3 is 0 Å². The number of halogens is 2. The van der Waals surface area contributed by atoms with E-state index < -0.39 is 7.95 Å². The van der Waals surface area contributed by atoms with Crippen LogP contribution in [0.4, 0.5) is 5.69 Å². The quantitative estimate of drug-likeness (QED) is 0.409. The molecule has 0 unspecified atom stereocenters. The molecule has 0 atom stereocenters. The molecule has 0 aliphatic heterocycles. The van der Waals surface area contributed by atoms with E-state index in [1.165, 1.54) is 9.91 Å². The Morgan fingerprint density at radius 3 is 2.45 bits per heavy atom. The van der Waals surface area contributed by atoms with Crippen molar-refractivity contribution in [1.29, 1.82) is 0 Å². The van der Waals surface area contributed by atoms with E-state index in [9.17, 15) is 0 Å². The fourth-order valence-electron chi connectivity index (χ4n) is 0.809. The molecule has 0 amide bonds. The molecule has 1 aromatic rings. The summed E-state index contributed by atoms with van der Waals surface area (Å²) >= 11 is 5.06. The first-order chi connectivity index (χ1) is 5.11. The van der Waals surface area contributed by atoms with Gasteiger partial charge in [0.1, 0.15) is 0 Å². The van der Waals surface area contributed by atoms with Gasteiger partial charge in [-0.3, -0.25) is 0 Å². The number of aryl methyl sites for hydroxylation is 1. The van der Waals surface area contributed by atoms with Crippen LogP contribution in [0.3, 0.4) is 0 Å². The standard InChI is InChI=1S/C7H8AsI2N/c1-5-2-3-6(11)4-7(5)8(9)10/h2-4H,11H2,1H3. The Hall–Kier alpha value is 1.04. The summed E-state index contributed by atoms with van der Waals surface area (Å²) in [6.07, 6.45) is 0. The normalized spacial score (nSPS) is 10.5. The maximum atomic E-state index is 5.68. The molecule has 11 heavy (non-hydrogen) atoms. The van der Waals surface area contributed by atoms with Crippen molar-refractivity contribution in [3.8, 4) is 0 Å². The number of benzene rings is 1. The molecule has 1 rings (SSSR count). The maximum absolute atomic E-state index is 5.68. The van der Waals surface area contributed by atoms with Crippen LogP contribution in [0.2, 0.25) is 0 Å². The molecule has 0 fully saturated rings. The third-order valence-electron chi connectivity index (χ3n) is 1.42. The van der Waals surface area contributed by atoms with Gasteiger partial charge >= 0.3 is 94.7 Å². The second kappa shape index (κ2) is 4.32. The van der Waals surface area contributed by atoms with E-state index in [2.05, 4.69) is 59.3 Å². The molecule has 0 aromatic heterocycles. The summed E-state index contributed by atoms with van der Waals surface area (Å²) in [5.74, 6) is 0. The van der Waals surface area contributed by atoms with E-state index >= 15 is 0 Å². The molecule has 0 saturated carbocycles. The molecule has 1 aromatic carbocycles. The third-order valence-corrected chi connectivity index (χ3v) is 8.59. The molecule has 60 valence electrons. The molecule has 2 N–H and O–H groups in total. The Balaban J connectivity index is 3.13. The molecule has 0 saturated heterocycles. The van der Waals surface area contributed by atoms with Gasteiger partial charge in [-0.2, -0.15) is 0 Å². The first-order valence-electron chi connectivity index (χ1n) is 3.09. The first-order valence-corrected chi connectivity index (χ1v) is 15.5. The summed E-state index contributed by atoms with van der Waals surface area (Å²) in [4.78, 5) is 0. The summed E-state index contributed by atoms with van der Waals surface area (Å²) in [6.45, 7) is 2.15. The Kier molecular flexibility index (Phi) is 3.98. The van der Waals surface area contributed by atoms with Gasteiger partial charge in [0, 0.05) is 0 Å². The Labute approximate surface area is 93.4 Å². The number of rotatable bonds is 1. The fourth-order valence-corrected chi connectivity index (χ4v) is 7.44. The Bertz CT molecular complexity index is 263. The predicted molar refractivity (Wildman–Crippen MR) is 69.0 cm³/mol. The summed E-state index contributed by atoms with van der Waals surface area (Å²) < 4.78 is 1.47. The van der Waals surface area contributed by atoms with E-state index in [1.807, 2.05) is 6.07 Å². The number of hydrogen-bond donors (Lipinski definition) is 1. The minimum absolute atomic E-state index is 0.798. The Morgan fingerprint density at radius 2 is 2.00 bits per heavy atom. The average molecular weight is 435 g/mol. The SMILES string of the molecule is Cc1ccc(N)cc1[As](I)I. The zero-order valence-electron chi connectivity index (χ0n) is 6.01. The van der Waals surface area contributed by atoms with Crippen LogP contribution in [0, 0.1) is 6.92 Å². The van der Waals surface area contributed by atoms with E-state index in [0.717, 1.165) is 5.69 Å². The van der Waals surface area contributed by atoms with Gasteiger partial charge in [-0.1, -0.05) is 0 Å². The van der Waals surface area contributed by atoms with Gasteiger partial charge in [-0.05, 0) is 0 Å². The van der Waals surface area contributed by atoms with Crippen LogP contribution in [-0.2, 0) is 0 Å². The molecule has 1 nitrogen and oxygen atoms in total. The second-order valence-corrected chi connectivity index (χ2v) is 23.9. The van der Waals surface area contributed by atoms with Crippen molar-refractivity contribution in [2.24, 2.45) is 0 Å². The predicted octanol–water partition coefficient (Wildman–Crippen LogP) is 2.14. The van der Waals surface area contributed by atoms with Crippen molar-refractivity contribution in [2.75, 3.05) is 5.73 Å². The zero-order chi connectivity index (χ0) is 8.43. The molecule has 0 heterocycles. The van der Waals surface area contributed by atoms with Gasteiger partial charge in [0.15, 0.2) is 0 Å². The monoisotopic (exact) mass is 435 g/mol. The molecule has 4 heteroatoms. The van der Waals surface area contributed by atoms with E-state index in [4.69, 9.17) is 5.73 Å². The topological polar surface area (TPSA) is 26.0 Å². The van der Waals surface area contributed by atoms with Gasteiger partial charge in [-0.25, -0.2) is 0 Å². The van der Waals surface area contributed by atoms with Gasteiger partial charge in [-0.15, -0.1) is 0 Å². The number of nitrogen functional groups attached to an aromatic ring is 1. The molecule has 0 radical (unpaired) electrons. The van der Waals surface area contributed by atoms with Crippen LogP contribution < -0.4 is 10.1 Å². The van der Waals surface area contributed by atoms with E-state index in [0.29, 0.717) is 0 Å². The van der Waals surface area contributed by atoms with E-state index in [1.54, 1.807) is 0 Å². The fraction of sp³-hybridized carbons (Fsp3) is 0.143. The number of anilines is 1. The first kappa shape index (κ1) is 10.1. The molecule has 0 bridgehead atoms. The van der Waals surface area contributed by atoms with Crippen LogP contribution in [0.5, 0.6) is 0 Å². The Morgan fingerprint density at radius 1 is 1.36 bits per heavy atom. The van der Waals surface area contributed by atoms with Crippen molar-refractivity contribution in [3.05, 3.63) is 23.8 Å². The average Bonchev–Trinajstić information content (AvgIpc) is 1.94. The van der Waals surface area contributed by atoms with Crippen molar-refractivity contribution in [2.45, 2.75) is 6.92 Å². The summed E-state index contributed by atoms with van der Waals surface area (Å²) in [6, 6.07) is 6.17. The molecular formula is C7H8AsI2N. The number of nitrogens with two attached hydrogens (primary N) is 1. The van der Waals surface area contributed by atoms with Gasteiger partial charge in [0.2, 0.25) is 0 Å². The van der Waals surface area contributed by atoms with Gasteiger partial charge in [0.25, 0.3) is 0 Å².